The SMILES string of the molecule is CC=CC=C(C)CCc1ccc(-c2cccc3c2oc2ccccc23)cc1. The molecule has 3 aromatic carbocycles. The van der Waals surface area contributed by atoms with Gasteiger partial charge in [0.1, 0.15) is 11.2 Å². The maximum atomic E-state index is 6.17. The third kappa shape index (κ3) is 3.59. The molecule has 1 aromatic heterocycles. The summed E-state index contributed by atoms with van der Waals surface area (Å²) >= 11 is 0. The van der Waals surface area contributed by atoms with Crippen molar-refractivity contribution in [2.75, 3.05) is 0 Å². The van der Waals surface area contributed by atoms with Gasteiger partial charge in [-0.3, -0.25) is 0 Å². The van der Waals surface area contributed by atoms with Gasteiger partial charge in [-0.15, -0.1) is 0 Å². The van der Waals surface area contributed by atoms with Crippen LogP contribution in [0.5, 0.6) is 0 Å². The Morgan fingerprint density at radius 3 is 2.48 bits per heavy atom. The first-order chi connectivity index (χ1) is 13.3. The first-order valence-electron chi connectivity index (χ1n) is 9.54. The van der Waals surface area contributed by atoms with Gasteiger partial charge in [0, 0.05) is 16.3 Å². The van der Waals surface area contributed by atoms with Crippen LogP contribution in [0, 0.1) is 0 Å². The molecular weight excluding hydrogens is 328 g/mol. The molecule has 0 radical (unpaired) electrons. The Morgan fingerprint density at radius 1 is 0.889 bits per heavy atom. The lowest BCUT2D eigenvalue weighted by molar-refractivity contribution is 0.670. The van der Waals surface area contributed by atoms with Crippen molar-refractivity contribution in [1.29, 1.82) is 0 Å². The van der Waals surface area contributed by atoms with Crippen LogP contribution in [0.2, 0.25) is 0 Å². The van der Waals surface area contributed by atoms with E-state index in [9.17, 15) is 0 Å². The minimum absolute atomic E-state index is 0.944. The Hall–Kier alpha value is -3.06. The Kier molecular flexibility index (Phi) is 4.93. The predicted molar refractivity (Wildman–Crippen MR) is 116 cm³/mol. The van der Waals surface area contributed by atoms with E-state index < -0.39 is 0 Å². The van der Waals surface area contributed by atoms with Gasteiger partial charge in [-0.25, -0.2) is 0 Å². The summed E-state index contributed by atoms with van der Waals surface area (Å²) < 4.78 is 6.17. The molecular formula is C26H24O. The van der Waals surface area contributed by atoms with E-state index in [2.05, 4.69) is 79.7 Å². The van der Waals surface area contributed by atoms with Crippen LogP contribution in [0.15, 0.2) is 94.9 Å². The molecule has 0 aliphatic heterocycles. The molecule has 0 bridgehead atoms. The molecule has 1 heterocycles. The molecule has 0 spiro atoms. The molecule has 0 amide bonds. The van der Waals surface area contributed by atoms with Crippen LogP contribution in [0.3, 0.4) is 0 Å². The highest BCUT2D eigenvalue weighted by atomic mass is 16.3. The van der Waals surface area contributed by atoms with E-state index in [0.29, 0.717) is 0 Å². The standard InChI is InChI=1S/C26H24O/c1-3-4-8-19(2)13-14-20-15-17-21(18-16-20)22-10-7-11-24-23-9-5-6-12-25(23)27-26(22)24/h3-12,15-18H,13-14H2,1-2H3. The van der Waals surface area contributed by atoms with Crippen molar-refractivity contribution in [2.45, 2.75) is 26.7 Å². The molecule has 1 nitrogen and oxygen atoms in total. The summed E-state index contributed by atoms with van der Waals surface area (Å²) in [4.78, 5) is 0. The molecule has 0 saturated carbocycles. The van der Waals surface area contributed by atoms with E-state index in [1.807, 2.05) is 19.1 Å². The summed E-state index contributed by atoms with van der Waals surface area (Å²) in [6.45, 7) is 4.24. The van der Waals surface area contributed by atoms with Crippen LogP contribution in [-0.4, -0.2) is 0 Å². The number of rotatable bonds is 5. The molecule has 4 rings (SSSR count). The minimum atomic E-state index is 0.944. The molecule has 0 atom stereocenters. The van der Waals surface area contributed by atoms with E-state index in [-0.39, 0.29) is 0 Å². The quantitative estimate of drug-likeness (QED) is 0.335. The Morgan fingerprint density at radius 2 is 1.67 bits per heavy atom. The van der Waals surface area contributed by atoms with Crippen LogP contribution in [-0.2, 0) is 6.42 Å². The summed E-state index contributed by atoms with van der Waals surface area (Å²) in [5.41, 5.74) is 7.04. The molecule has 134 valence electrons. The highest BCUT2D eigenvalue weighted by Crippen LogP contribution is 2.35. The first kappa shape index (κ1) is 17.4. The second kappa shape index (κ2) is 7.67. The summed E-state index contributed by atoms with van der Waals surface area (Å²) in [5, 5.41) is 2.35. The van der Waals surface area contributed by atoms with Gasteiger partial charge < -0.3 is 4.42 Å². The topological polar surface area (TPSA) is 13.1 Å². The van der Waals surface area contributed by atoms with Gasteiger partial charge in [-0.2, -0.15) is 0 Å². The molecule has 0 aliphatic carbocycles. The minimum Gasteiger partial charge on any atom is -0.455 e. The maximum Gasteiger partial charge on any atom is 0.143 e. The van der Waals surface area contributed by atoms with Crippen molar-refractivity contribution in [3.05, 3.63) is 96.1 Å². The summed E-state index contributed by atoms with van der Waals surface area (Å²) in [7, 11) is 0. The van der Waals surface area contributed by atoms with Crippen molar-refractivity contribution in [2.24, 2.45) is 0 Å². The van der Waals surface area contributed by atoms with Crippen LogP contribution < -0.4 is 0 Å². The lowest BCUT2D eigenvalue weighted by Gasteiger charge is -2.06. The first-order valence-corrected chi connectivity index (χ1v) is 9.54. The lowest BCUT2D eigenvalue weighted by atomic mass is 9.99. The van der Waals surface area contributed by atoms with Crippen molar-refractivity contribution >= 4 is 21.9 Å². The number of benzene rings is 3. The fourth-order valence-electron chi connectivity index (χ4n) is 3.51. The second-order valence-electron chi connectivity index (χ2n) is 7.02. The molecule has 4 aromatic rings. The summed E-state index contributed by atoms with van der Waals surface area (Å²) in [6, 6.07) is 23.5. The molecule has 1 heteroatoms. The van der Waals surface area contributed by atoms with E-state index in [0.717, 1.165) is 29.6 Å². The molecule has 0 aliphatic rings. The van der Waals surface area contributed by atoms with Crippen molar-refractivity contribution in [3.8, 4) is 11.1 Å². The lowest BCUT2D eigenvalue weighted by Crippen LogP contribution is -1.87. The molecule has 0 N–H and O–H groups in total. The normalized spacial score (nSPS) is 12.4. The van der Waals surface area contributed by atoms with E-state index in [1.165, 1.54) is 27.5 Å². The van der Waals surface area contributed by atoms with Gasteiger partial charge in [0.25, 0.3) is 0 Å². The van der Waals surface area contributed by atoms with Crippen LogP contribution in [0.1, 0.15) is 25.8 Å². The number of fused-ring (bicyclic) bond motifs is 3. The highest BCUT2D eigenvalue weighted by Gasteiger charge is 2.11. The fraction of sp³-hybridized carbons (Fsp3) is 0.154. The largest absolute Gasteiger partial charge is 0.455 e. The van der Waals surface area contributed by atoms with Crippen molar-refractivity contribution < 1.29 is 4.42 Å². The van der Waals surface area contributed by atoms with E-state index in [1.54, 1.807) is 0 Å². The monoisotopic (exact) mass is 352 g/mol. The number of aryl methyl sites for hydroxylation is 1. The zero-order valence-electron chi connectivity index (χ0n) is 15.9. The van der Waals surface area contributed by atoms with Crippen molar-refractivity contribution in [3.63, 3.8) is 0 Å². The van der Waals surface area contributed by atoms with Crippen LogP contribution in [0.4, 0.5) is 0 Å². The van der Waals surface area contributed by atoms with Gasteiger partial charge in [0.2, 0.25) is 0 Å². The smallest absolute Gasteiger partial charge is 0.143 e. The van der Waals surface area contributed by atoms with E-state index >= 15 is 0 Å². The summed E-state index contributed by atoms with van der Waals surface area (Å²) in [6.07, 6.45) is 8.51. The number of hydrogen-bond acceptors (Lipinski definition) is 1. The zero-order valence-corrected chi connectivity index (χ0v) is 15.9. The van der Waals surface area contributed by atoms with Gasteiger partial charge in [0.05, 0.1) is 0 Å². The fourth-order valence-corrected chi connectivity index (χ4v) is 3.51. The van der Waals surface area contributed by atoms with Gasteiger partial charge in [0.15, 0.2) is 0 Å². The Balaban J connectivity index is 1.62. The Bertz CT molecular complexity index is 1120. The average Bonchev–Trinajstić information content (AvgIpc) is 3.10. The predicted octanol–water partition coefficient (Wildman–Crippen LogP) is 7.71. The summed E-state index contributed by atoms with van der Waals surface area (Å²) in [5.74, 6) is 0. The van der Waals surface area contributed by atoms with Crippen LogP contribution in [0.25, 0.3) is 33.1 Å². The third-order valence-corrected chi connectivity index (χ3v) is 5.05. The van der Waals surface area contributed by atoms with E-state index in [4.69, 9.17) is 4.42 Å². The third-order valence-electron chi connectivity index (χ3n) is 5.05. The maximum absolute atomic E-state index is 6.17. The molecule has 0 saturated heterocycles. The molecule has 0 unspecified atom stereocenters. The second-order valence-corrected chi connectivity index (χ2v) is 7.02. The van der Waals surface area contributed by atoms with Gasteiger partial charge >= 0.3 is 0 Å². The van der Waals surface area contributed by atoms with Gasteiger partial charge in [-0.05, 0) is 43.9 Å². The number of furan rings is 1. The number of hydrogen-bond donors (Lipinski definition) is 0. The molecule has 27 heavy (non-hydrogen) atoms. The zero-order chi connectivity index (χ0) is 18.6. The Labute approximate surface area is 160 Å². The number of allylic oxidation sites excluding steroid dienone is 4. The average molecular weight is 352 g/mol. The van der Waals surface area contributed by atoms with Crippen molar-refractivity contribution in [1.82, 2.24) is 0 Å². The number of para-hydroxylation sites is 2. The van der Waals surface area contributed by atoms with Crippen LogP contribution >= 0.6 is 0 Å². The molecule has 0 fully saturated rings. The van der Waals surface area contributed by atoms with Gasteiger partial charge in [-0.1, -0.05) is 84.5 Å². The highest BCUT2D eigenvalue weighted by molar-refractivity contribution is 6.09.